The van der Waals surface area contributed by atoms with Crippen LogP contribution < -0.4 is 0 Å². The molecule has 5 heteroatoms. The molecule has 0 aliphatic heterocycles. The largest absolute Gasteiger partial charge is 0.455 e. The summed E-state index contributed by atoms with van der Waals surface area (Å²) >= 11 is 0. The fraction of sp³-hybridized carbons (Fsp3) is 0.0192. The zero-order valence-corrected chi connectivity index (χ0v) is 30.9. The molecule has 5 nitrogen and oxygen atoms in total. The molecule has 0 radical (unpaired) electrons. The van der Waals surface area contributed by atoms with Crippen LogP contribution in [0.15, 0.2) is 199 Å². The molecule has 0 aliphatic rings. The first kappa shape index (κ1) is 32.8. The SMILES string of the molecule is c1ccc(Cc2ccc(-c3nc(-c4ccccc4)nc(-c4ccccc4)n3)cc2-n2c3ccccc3c3ccc(-c4cccc5c4oc4ccccc45)cc32)cc1. The Morgan fingerprint density at radius 3 is 1.72 bits per heavy atom. The average Bonchev–Trinajstić information content (AvgIpc) is 3.83. The second kappa shape index (κ2) is 13.6. The van der Waals surface area contributed by atoms with Crippen LogP contribution in [0, 0.1) is 0 Å². The van der Waals surface area contributed by atoms with E-state index in [0.717, 1.165) is 72.9 Å². The number of para-hydroxylation sites is 3. The molecule has 11 aromatic rings. The number of hydrogen-bond acceptors (Lipinski definition) is 4. The van der Waals surface area contributed by atoms with Crippen molar-refractivity contribution in [1.82, 2.24) is 19.5 Å². The summed E-state index contributed by atoms with van der Waals surface area (Å²) in [5.74, 6) is 1.89. The summed E-state index contributed by atoms with van der Waals surface area (Å²) in [7, 11) is 0. The Balaban J connectivity index is 1.16. The van der Waals surface area contributed by atoms with Crippen LogP contribution in [0.1, 0.15) is 11.1 Å². The normalized spacial score (nSPS) is 11.6. The molecule has 0 unspecified atom stereocenters. The third-order valence-electron chi connectivity index (χ3n) is 10.9. The molecule has 0 atom stereocenters. The van der Waals surface area contributed by atoms with E-state index in [9.17, 15) is 0 Å². The Morgan fingerprint density at radius 2 is 0.982 bits per heavy atom. The first-order valence-electron chi connectivity index (χ1n) is 19.2. The van der Waals surface area contributed by atoms with Crippen LogP contribution in [-0.4, -0.2) is 19.5 Å². The zero-order valence-electron chi connectivity index (χ0n) is 30.9. The van der Waals surface area contributed by atoms with Gasteiger partial charge in [0, 0.05) is 43.8 Å². The number of hydrogen-bond donors (Lipinski definition) is 0. The summed E-state index contributed by atoms with van der Waals surface area (Å²) in [6, 6.07) is 67.8. The lowest BCUT2D eigenvalue weighted by atomic mass is 9.99. The highest BCUT2D eigenvalue weighted by atomic mass is 16.3. The van der Waals surface area contributed by atoms with Gasteiger partial charge in [0.05, 0.1) is 16.7 Å². The lowest BCUT2D eigenvalue weighted by Gasteiger charge is -2.17. The second-order valence-electron chi connectivity index (χ2n) is 14.4. The molecule has 268 valence electrons. The van der Waals surface area contributed by atoms with Crippen molar-refractivity contribution in [3.8, 4) is 51.0 Å². The van der Waals surface area contributed by atoms with E-state index in [4.69, 9.17) is 19.4 Å². The van der Waals surface area contributed by atoms with Crippen LogP contribution in [-0.2, 0) is 6.42 Å². The van der Waals surface area contributed by atoms with E-state index in [1.807, 2.05) is 72.8 Å². The van der Waals surface area contributed by atoms with Gasteiger partial charge < -0.3 is 8.98 Å². The monoisotopic (exact) mass is 730 g/mol. The molecule has 3 heterocycles. The molecule has 0 amide bonds. The van der Waals surface area contributed by atoms with E-state index in [-0.39, 0.29) is 0 Å². The molecule has 11 rings (SSSR count). The highest BCUT2D eigenvalue weighted by Crippen LogP contribution is 2.40. The smallest absolute Gasteiger partial charge is 0.164 e. The molecule has 0 N–H and O–H groups in total. The van der Waals surface area contributed by atoms with Gasteiger partial charge in [-0.3, -0.25) is 0 Å². The van der Waals surface area contributed by atoms with Gasteiger partial charge in [-0.1, -0.05) is 170 Å². The van der Waals surface area contributed by atoms with Crippen molar-refractivity contribution in [1.29, 1.82) is 0 Å². The van der Waals surface area contributed by atoms with Gasteiger partial charge in [-0.2, -0.15) is 0 Å². The number of aromatic nitrogens is 4. The summed E-state index contributed by atoms with van der Waals surface area (Å²) in [5.41, 5.74) is 12.5. The molecular formula is C52H34N4O. The molecule has 57 heavy (non-hydrogen) atoms. The third-order valence-corrected chi connectivity index (χ3v) is 10.9. The van der Waals surface area contributed by atoms with Crippen LogP contribution in [0.3, 0.4) is 0 Å². The van der Waals surface area contributed by atoms with E-state index in [2.05, 4.69) is 126 Å². The minimum atomic E-state index is 0.619. The van der Waals surface area contributed by atoms with Crippen LogP contribution in [0.2, 0.25) is 0 Å². The first-order chi connectivity index (χ1) is 28.2. The first-order valence-corrected chi connectivity index (χ1v) is 19.2. The van der Waals surface area contributed by atoms with Crippen LogP contribution >= 0.6 is 0 Å². The second-order valence-corrected chi connectivity index (χ2v) is 14.4. The van der Waals surface area contributed by atoms with Crippen LogP contribution in [0.4, 0.5) is 0 Å². The van der Waals surface area contributed by atoms with E-state index in [1.165, 1.54) is 21.9 Å². The number of benzene rings is 8. The van der Waals surface area contributed by atoms with Crippen molar-refractivity contribution in [2.24, 2.45) is 0 Å². The van der Waals surface area contributed by atoms with Gasteiger partial charge in [-0.05, 0) is 47.4 Å². The number of nitrogens with zero attached hydrogens (tertiary/aromatic N) is 4. The van der Waals surface area contributed by atoms with Crippen molar-refractivity contribution in [2.75, 3.05) is 0 Å². The van der Waals surface area contributed by atoms with E-state index in [1.54, 1.807) is 0 Å². The van der Waals surface area contributed by atoms with Gasteiger partial charge in [0.25, 0.3) is 0 Å². The Morgan fingerprint density at radius 1 is 0.404 bits per heavy atom. The maximum Gasteiger partial charge on any atom is 0.164 e. The van der Waals surface area contributed by atoms with Gasteiger partial charge in [0.15, 0.2) is 17.5 Å². The molecule has 0 fully saturated rings. The topological polar surface area (TPSA) is 56.7 Å². The van der Waals surface area contributed by atoms with E-state index < -0.39 is 0 Å². The summed E-state index contributed by atoms with van der Waals surface area (Å²) < 4.78 is 8.95. The fourth-order valence-electron chi connectivity index (χ4n) is 8.19. The van der Waals surface area contributed by atoms with E-state index >= 15 is 0 Å². The van der Waals surface area contributed by atoms with Gasteiger partial charge in [-0.15, -0.1) is 0 Å². The van der Waals surface area contributed by atoms with Gasteiger partial charge in [0.1, 0.15) is 11.2 Å². The predicted molar refractivity (Wildman–Crippen MR) is 232 cm³/mol. The molecule has 0 saturated heterocycles. The van der Waals surface area contributed by atoms with Crippen molar-refractivity contribution in [2.45, 2.75) is 6.42 Å². The zero-order chi connectivity index (χ0) is 37.7. The number of furan rings is 1. The molecular weight excluding hydrogens is 697 g/mol. The maximum atomic E-state index is 6.53. The van der Waals surface area contributed by atoms with Gasteiger partial charge in [0.2, 0.25) is 0 Å². The fourth-order valence-corrected chi connectivity index (χ4v) is 8.19. The summed E-state index contributed by atoms with van der Waals surface area (Å²) in [6.45, 7) is 0. The Hall–Kier alpha value is -7.63. The lowest BCUT2D eigenvalue weighted by Crippen LogP contribution is -2.04. The van der Waals surface area contributed by atoms with E-state index in [0.29, 0.717) is 17.5 Å². The average molecular weight is 731 g/mol. The van der Waals surface area contributed by atoms with Crippen LogP contribution in [0.25, 0.3) is 94.7 Å². The molecule has 8 aromatic carbocycles. The summed E-state index contributed by atoms with van der Waals surface area (Å²) in [4.78, 5) is 15.2. The highest BCUT2D eigenvalue weighted by molar-refractivity contribution is 6.13. The predicted octanol–water partition coefficient (Wildman–Crippen LogP) is 13.1. The standard InChI is InChI=1S/C52H34N4O/c1-4-15-34(16-5-1)31-38-27-28-39(52-54-50(35-17-6-2-7-18-35)53-51(55-52)36-19-8-3-9-20-36)33-46(38)56-45-25-12-10-21-41(45)42-30-29-37(32-47(42)56)40-23-14-24-44-43-22-11-13-26-48(43)57-49(40)44/h1-30,32-33H,31H2. The van der Waals surface area contributed by atoms with Crippen molar-refractivity contribution in [3.05, 3.63) is 205 Å². The van der Waals surface area contributed by atoms with Crippen molar-refractivity contribution in [3.63, 3.8) is 0 Å². The third kappa shape index (κ3) is 5.76. The summed E-state index contributed by atoms with van der Waals surface area (Å²) in [5, 5.41) is 4.61. The quantitative estimate of drug-likeness (QED) is 0.164. The highest BCUT2D eigenvalue weighted by Gasteiger charge is 2.20. The molecule has 3 aromatic heterocycles. The number of rotatable bonds is 7. The summed E-state index contributed by atoms with van der Waals surface area (Å²) in [6.07, 6.45) is 0.754. The molecule has 0 bridgehead atoms. The maximum absolute atomic E-state index is 6.53. The Bertz CT molecular complexity index is 3200. The lowest BCUT2D eigenvalue weighted by molar-refractivity contribution is 0.670. The van der Waals surface area contributed by atoms with Gasteiger partial charge >= 0.3 is 0 Å². The van der Waals surface area contributed by atoms with Crippen molar-refractivity contribution >= 4 is 43.7 Å². The molecule has 0 spiro atoms. The minimum absolute atomic E-state index is 0.619. The molecule has 0 aliphatic carbocycles. The number of fused-ring (bicyclic) bond motifs is 6. The van der Waals surface area contributed by atoms with Gasteiger partial charge in [-0.25, -0.2) is 15.0 Å². The molecule has 0 saturated carbocycles. The Labute approximate surface area is 329 Å². The van der Waals surface area contributed by atoms with Crippen molar-refractivity contribution < 1.29 is 4.42 Å². The minimum Gasteiger partial charge on any atom is -0.455 e. The Kier molecular flexibility index (Phi) is 7.81. The van der Waals surface area contributed by atoms with Crippen LogP contribution in [0.5, 0.6) is 0 Å².